The first kappa shape index (κ1) is 9.85. The Balaban J connectivity index is 2.58. The van der Waals surface area contributed by atoms with E-state index in [0.717, 1.165) is 25.9 Å². The second kappa shape index (κ2) is 4.70. The molecule has 0 aromatic heterocycles. The molecule has 1 heterocycles. The third kappa shape index (κ3) is 2.67. The van der Waals surface area contributed by atoms with Crippen LogP contribution in [-0.4, -0.2) is 36.5 Å². The minimum absolute atomic E-state index is 0.885. The molecule has 0 saturated heterocycles. The quantitative estimate of drug-likeness (QED) is 0.427. The molecule has 0 aromatic rings. The molecule has 0 amide bonds. The van der Waals surface area contributed by atoms with Crippen LogP contribution in [0.15, 0.2) is 12.2 Å². The maximum Gasteiger partial charge on any atom is 0.537 e. The molecule has 1 aliphatic heterocycles. The Morgan fingerprint density at radius 1 is 1.08 bits per heavy atom. The lowest BCUT2D eigenvalue weighted by molar-refractivity contribution is 0.420. The monoisotopic (exact) mass is 187 g/mol. The van der Waals surface area contributed by atoms with Crippen molar-refractivity contribution in [2.75, 3.05) is 27.2 Å². The highest BCUT2D eigenvalue weighted by molar-refractivity contribution is 7.39. The van der Waals surface area contributed by atoms with Gasteiger partial charge in [0.2, 0.25) is 0 Å². The maximum atomic E-state index is 11.6. The fourth-order valence-corrected chi connectivity index (χ4v) is 2.28. The summed E-state index contributed by atoms with van der Waals surface area (Å²) in [7, 11) is 2.52. The Hall–Kier alpha value is -0.240. The SMILES string of the molecule is CN1CC/C=C\CCN(C)[P+]1=O. The number of rotatable bonds is 0. The van der Waals surface area contributed by atoms with Crippen LogP contribution in [0.4, 0.5) is 0 Å². The van der Waals surface area contributed by atoms with Gasteiger partial charge in [-0.25, -0.2) is 0 Å². The highest BCUT2D eigenvalue weighted by Crippen LogP contribution is 2.29. The van der Waals surface area contributed by atoms with Crippen molar-refractivity contribution in [2.24, 2.45) is 0 Å². The van der Waals surface area contributed by atoms with Crippen LogP contribution >= 0.6 is 8.10 Å². The summed E-state index contributed by atoms with van der Waals surface area (Å²) in [4.78, 5) is 0. The fraction of sp³-hybridized carbons (Fsp3) is 0.750. The van der Waals surface area contributed by atoms with E-state index in [1.54, 1.807) is 0 Å². The van der Waals surface area contributed by atoms with Crippen molar-refractivity contribution in [1.82, 2.24) is 9.34 Å². The third-order valence-corrected chi connectivity index (χ3v) is 3.56. The molecule has 1 aliphatic rings. The zero-order valence-electron chi connectivity index (χ0n) is 7.73. The Kier molecular flexibility index (Phi) is 3.86. The summed E-state index contributed by atoms with van der Waals surface area (Å²) in [6.07, 6.45) is 6.34. The van der Waals surface area contributed by atoms with Crippen molar-refractivity contribution in [2.45, 2.75) is 12.8 Å². The summed E-state index contributed by atoms with van der Waals surface area (Å²) >= 11 is 0. The highest BCUT2D eigenvalue weighted by Gasteiger charge is 2.29. The second-order valence-corrected chi connectivity index (χ2v) is 4.94. The van der Waals surface area contributed by atoms with Crippen LogP contribution < -0.4 is 0 Å². The zero-order valence-corrected chi connectivity index (χ0v) is 8.63. The van der Waals surface area contributed by atoms with Crippen molar-refractivity contribution in [3.05, 3.63) is 12.2 Å². The lowest BCUT2D eigenvalue weighted by Crippen LogP contribution is -2.20. The summed E-state index contributed by atoms with van der Waals surface area (Å²) in [5.41, 5.74) is 0. The number of hydrogen-bond donors (Lipinski definition) is 0. The smallest absolute Gasteiger partial charge is 0.0871 e. The van der Waals surface area contributed by atoms with Gasteiger partial charge in [0.05, 0.1) is 0 Å². The average Bonchev–Trinajstić information content (AvgIpc) is 2.12. The molecule has 4 heteroatoms. The van der Waals surface area contributed by atoms with Gasteiger partial charge in [0, 0.05) is 27.2 Å². The lowest BCUT2D eigenvalue weighted by Gasteiger charge is -2.06. The van der Waals surface area contributed by atoms with E-state index in [0.29, 0.717) is 0 Å². The van der Waals surface area contributed by atoms with Gasteiger partial charge in [-0.15, -0.1) is 0 Å². The fourth-order valence-electron chi connectivity index (χ4n) is 1.19. The molecule has 0 atom stereocenters. The van der Waals surface area contributed by atoms with Crippen LogP contribution in [-0.2, 0) is 4.57 Å². The van der Waals surface area contributed by atoms with E-state index in [1.807, 2.05) is 23.4 Å². The zero-order chi connectivity index (χ0) is 8.97. The molecule has 0 unspecified atom stereocenters. The molecule has 0 aliphatic carbocycles. The normalized spacial score (nSPS) is 26.0. The molecule has 68 valence electrons. The minimum Gasteiger partial charge on any atom is -0.0871 e. The first-order chi connectivity index (χ1) is 5.72. The predicted molar refractivity (Wildman–Crippen MR) is 51.2 cm³/mol. The van der Waals surface area contributed by atoms with E-state index >= 15 is 0 Å². The van der Waals surface area contributed by atoms with Crippen molar-refractivity contribution in [3.8, 4) is 0 Å². The molecule has 0 fully saturated rings. The van der Waals surface area contributed by atoms with E-state index in [4.69, 9.17) is 0 Å². The van der Waals surface area contributed by atoms with Gasteiger partial charge in [-0.3, -0.25) is 0 Å². The van der Waals surface area contributed by atoms with Crippen LogP contribution in [0, 0.1) is 0 Å². The van der Waals surface area contributed by atoms with Crippen LogP contribution in [0.25, 0.3) is 0 Å². The molecular weight excluding hydrogens is 171 g/mol. The van der Waals surface area contributed by atoms with Crippen molar-refractivity contribution < 1.29 is 4.57 Å². The van der Waals surface area contributed by atoms with Gasteiger partial charge in [0.25, 0.3) is 0 Å². The van der Waals surface area contributed by atoms with Crippen LogP contribution in [0.2, 0.25) is 0 Å². The maximum absolute atomic E-state index is 11.6. The number of hydrogen-bond acceptors (Lipinski definition) is 1. The number of nitrogens with zero attached hydrogens (tertiary/aromatic N) is 2. The van der Waals surface area contributed by atoms with Crippen molar-refractivity contribution in [1.29, 1.82) is 0 Å². The Morgan fingerprint density at radius 2 is 1.50 bits per heavy atom. The van der Waals surface area contributed by atoms with Crippen molar-refractivity contribution >= 4 is 8.10 Å². The first-order valence-corrected chi connectivity index (χ1v) is 5.42. The minimum atomic E-state index is -1.30. The molecule has 0 saturated carbocycles. The van der Waals surface area contributed by atoms with Crippen LogP contribution in [0.5, 0.6) is 0 Å². The summed E-state index contributed by atoms with van der Waals surface area (Å²) in [5, 5.41) is 0. The van der Waals surface area contributed by atoms with Gasteiger partial charge in [-0.1, -0.05) is 21.5 Å². The summed E-state index contributed by atoms with van der Waals surface area (Å²) in [6, 6.07) is 0. The molecule has 12 heavy (non-hydrogen) atoms. The van der Waals surface area contributed by atoms with Gasteiger partial charge in [-0.05, 0) is 17.4 Å². The lowest BCUT2D eigenvalue weighted by atomic mass is 10.3. The van der Waals surface area contributed by atoms with E-state index in [1.165, 1.54) is 0 Å². The van der Waals surface area contributed by atoms with Gasteiger partial charge < -0.3 is 0 Å². The molecule has 3 nitrogen and oxygen atoms in total. The van der Waals surface area contributed by atoms with Crippen molar-refractivity contribution in [3.63, 3.8) is 0 Å². The largest absolute Gasteiger partial charge is 0.537 e. The van der Waals surface area contributed by atoms with Crippen LogP contribution in [0.3, 0.4) is 0 Å². The highest BCUT2D eigenvalue weighted by atomic mass is 31.1. The molecule has 0 aromatic carbocycles. The Bertz CT molecular complexity index is 175. The van der Waals surface area contributed by atoms with E-state index < -0.39 is 8.10 Å². The van der Waals surface area contributed by atoms with E-state index in [2.05, 4.69) is 12.2 Å². The van der Waals surface area contributed by atoms with Gasteiger partial charge in [-0.2, -0.15) is 0 Å². The predicted octanol–water partition coefficient (Wildman–Crippen LogP) is 1.86. The van der Waals surface area contributed by atoms with Gasteiger partial charge in [0.15, 0.2) is 0 Å². The summed E-state index contributed by atoms with van der Waals surface area (Å²) < 4.78 is 15.4. The molecule has 0 radical (unpaired) electrons. The Morgan fingerprint density at radius 3 is 1.92 bits per heavy atom. The molecule has 0 spiro atoms. The van der Waals surface area contributed by atoms with E-state index in [9.17, 15) is 4.57 Å². The summed E-state index contributed by atoms with van der Waals surface area (Å²) in [5.74, 6) is 0. The van der Waals surface area contributed by atoms with E-state index in [-0.39, 0.29) is 0 Å². The van der Waals surface area contributed by atoms with Gasteiger partial charge >= 0.3 is 8.10 Å². The Labute approximate surface area is 74.9 Å². The second-order valence-electron chi connectivity index (χ2n) is 3.06. The third-order valence-electron chi connectivity index (χ3n) is 1.99. The van der Waals surface area contributed by atoms with Crippen LogP contribution in [0.1, 0.15) is 12.8 Å². The van der Waals surface area contributed by atoms with Gasteiger partial charge in [0.1, 0.15) is 0 Å². The first-order valence-electron chi connectivity index (χ1n) is 4.26. The summed E-state index contributed by atoms with van der Waals surface area (Å²) in [6.45, 7) is 1.77. The molecule has 0 N–H and O–H groups in total. The average molecular weight is 187 g/mol. The molecular formula is C8H16N2OP+. The topological polar surface area (TPSA) is 23.6 Å². The molecule has 0 bridgehead atoms. The standard InChI is InChI=1S/C8H16N2OP/c1-9-7-5-3-4-6-8-10(2)12(9)11/h3-4H,5-8H2,1-2H3/q+1/b4-3-. The molecule has 1 rings (SSSR count).